The Morgan fingerprint density at radius 3 is 2.53 bits per heavy atom. The minimum Gasteiger partial charge on any atom is -0.312 e. The summed E-state index contributed by atoms with van der Waals surface area (Å²) in [6, 6.07) is 0. The molecule has 0 aliphatic carbocycles. The molecule has 2 atom stereocenters. The van der Waals surface area contributed by atoms with Crippen LogP contribution in [0.1, 0.15) is 33.1 Å². The quantitative estimate of drug-likeness (QED) is 0.608. The fraction of sp³-hybridized carbons (Fsp3) is 0.900. The van der Waals surface area contributed by atoms with E-state index in [-0.39, 0.29) is 18.3 Å². The van der Waals surface area contributed by atoms with Crippen molar-refractivity contribution in [1.29, 1.82) is 0 Å². The summed E-state index contributed by atoms with van der Waals surface area (Å²) in [5.74, 6) is -0.0376. The highest BCUT2D eigenvalue weighted by Crippen LogP contribution is 2.42. The number of carbonyl (C=O) groups is 1. The first-order valence-corrected chi connectivity index (χ1v) is 7.22. The predicted molar refractivity (Wildman–Crippen MR) is 60.2 cm³/mol. The van der Waals surface area contributed by atoms with Crippen LogP contribution in [0.3, 0.4) is 0 Å². The Kier molecular flexibility index (Phi) is 7.07. The molecule has 0 saturated heterocycles. The van der Waals surface area contributed by atoms with Gasteiger partial charge in [0, 0.05) is 19.7 Å². The van der Waals surface area contributed by atoms with Crippen LogP contribution in [-0.2, 0) is 18.4 Å². The molecule has 0 spiro atoms. The lowest BCUT2D eigenvalue weighted by Gasteiger charge is -2.13. The highest BCUT2D eigenvalue weighted by atomic mass is 31.2. The molecule has 0 rings (SSSR count). The molecule has 0 aromatic heterocycles. The van der Waals surface area contributed by atoms with E-state index in [0.29, 0.717) is 0 Å². The third-order valence-corrected chi connectivity index (χ3v) is 3.57. The molecule has 0 aliphatic heterocycles. The molecule has 0 aliphatic rings. The van der Waals surface area contributed by atoms with Crippen LogP contribution in [0.25, 0.3) is 0 Å². The molecule has 90 valence electrons. The fourth-order valence-electron chi connectivity index (χ4n) is 1.05. The Morgan fingerprint density at radius 1 is 1.47 bits per heavy atom. The second-order valence-electron chi connectivity index (χ2n) is 3.74. The summed E-state index contributed by atoms with van der Waals surface area (Å²) < 4.78 is 20.9. The van der Waals surface area contributed by atoms with E-state index in [2.05, 4.69) is 11.4 Å². The maximum absolute atomic E-state index is 11.5. The summed E-state index contributed by atoms with van der Waals surface area (Å²) >= 11 is 0. The van der Waals surface area contributed by atoms with Crippen LogP contribution in [0.4, 0.5) is 0 Å². The standard InChI is InChI=1S/C10H21O4P/c1-5-6-7-9(2)10(11)8-14-15(4,12)13-3/h9H,5-8H2,1-4H3. The topological polar surface area (TPSA) is 52.6 Å². The number of unbranched alkanes of at least 4 members (excludes halogenated alkanes) is 1. The molecule has 4 nitrogen and oxygen atoms in total. The van der Waals surface area contributed by atoms with Crippen molar-refractivity contribution in [2.45, 2.75) is 33.1 Å². The fourth-order valence-corrected chi connectivity index (χ4v) is 1.51. The summed E-state index contributed by atoms with van der Waals surface area (Å²) in [5.41, 5.74) is 0. The number of ketones is 1. The van der Waals surface area contributed by atoms with Gasteiger partial charge in [0.1, 0.15) is 6.61 Å². The summed E-state index contributed by atoms with van der Waals surface area (Å²) in [4.78, 5) is 11.5. The molecule has 0 heterocycles. The number of Topliss-reactive ketones (excluding diaryl/α,β-unsaturated/α-hetero) is 1. The van der Waals surface area contributed by atoms with E-state index >= 15 is 0 Å². The monoisotopic (exact) mass is 236 g/mol. The van der Waals surface area contributed by atoms with Gasteiger partial charge in [-0.2, -0.15) is 0 Å². The first kappa shape index (κ1) is 14.8. The molecule has 15 heavy (non-hydrogen) atoms. The normalized spacial score (nSPS) is 17.1. The average molecular weight is 236 g/mol. The Morgan fingerprint density at radius 2 is 2.07 bits per heavy atom. The number of hydrogen-bond donors (Lipinski definition) is 0. The highest BCUT2D eigenvalue weighted by molar-refractivity contribution is 7.52. The average Bonchev–Trinajstić information content (AvgIpc) is 2.22. The smallest absolute Gasteiger partial charge is 0.312 e. The summed E-state index contributed by atoms with van der Waals surface area (Å²) in [6.07, 6.45) is 2.96. The molecular weight excluding hydrogens is 215 g/mol. The lowest BCUT2D eigenvalue weighted by atomic mass is 10.0. The minimum atomic E-state index is -3.01. The lowest BCUT2D eigenvalue weighted by molar-refractivity contribution is -0.124. The van der Waals surface area contributed by atoms with Crippen molar-refractivity contribution in [3.05, 3.63) is 0 Å². The number of carbonyl (C=O) groups excluding carboxylic acids is 1. The largest absolute Gasteiger partial charge is 0.327 e. The zero-order valence-corrected chi connectivity index (χ0v) is 10.9. The second-order valence-corrected chi connectivity index (χ2v) is 5.90. The Balaban J connectivity index is 3.88. The third kappa shape index (κ3) is 6.82. The molecule has 0 saturated carbocycles. The molecule has 0 N–H and O–H groups in total. The van der Waals surface area contributed by atoms with Crippen molar-refractivity contribution in [3.8, 4) is 0 Å². The van der Waals surface area contributed by atoms with Gasteiger partial charge >= 0.3 is 7.60 Å². The van der Waals surface area contributed by atoms with Crippen molar-refractivity contribution in [2.24, 2.45) is 5.92 Å². The Hall–Kier alpha value is -0.180. The third-order valence-electron chi connectivity index (χ3n) is 2.31. The molecule has 0 aromatic carbocycles. The van der Waals surface area contributed by atoms with E-state index in [9.17, 15) is 9.36 Å². The molecule has 0 amide bonds. The van der Waals surface area contributed by atoms with Crippen LogP contribution in [0.15, 0.2) is 0 Å². The first-order chi connectivity index (χ1) is 6.93. The van der Waals surface area contributed by atoms with Gasteiger partial charge in [0.15, 0.2) is 5.78 Å². The zero-order valence-electron chi connectivity index (χ0n) is 9.99. The summed E-state index contributed by atoms with van der Waals surface area (Å²) in [6.45, 7) is 5.19. The van der Waals surface area contributed by atoms with E-state index in [1.54, 1.807) is 0 Å². The molecule has 2 unspecified atom stereocenters. The lowest BCUT2D eigenvalue weighted by Crippen LogP contribution is -2.16. The van der Waals surface area contributed by atoms with Gasteiger partial charge in [0.05, 0.1) is 0 Å². The van der Waals surface area contributed by atoms with Gasteiger partial charge in [0.2, 0.25) is 0 Å². The van der Waals surface area contributed by atoms with Crippen molar-refractivity contribution in [3.63, 3.8) is 0 Å². The predicted octanol–water partition coefficient (Wildman–Crippen LogP) is 2.87. The van der Waals surface area contributed by atoms with Crippen molar-refractivity contribution in [2.75, 3.05) is 20.4 Å². The maximum atomic E-state index is 11.5. The molecule has 0 radical (unpaired) electrons. The number of rotatable bonds is 8. The van der Waals surface area contributed by atoms with Gasteiger partial charge < -0.3 is 9.05 Å². The molecule has 5 heteroatoms. The van der Waals surface area contributed by atoms with E-state index in [1.807, 2.05) is 6.92 Å². The SMILES string of the molecule is CCCCC(C)C(=O)COP(C)(=O)OC. The molecule has 0 bridgehead atoms. The second kappa shape index (κ2) is 7.15. The minimum absolute atomic E-state index is 0.0115. The number of hydrogen-bond acceptors (Lipinski definition) is 4. The van der Waals surface area contributed by atoms with Gasteiger partial charge in [-0.15, -0.1) is 0 Å². The van der Waals surface area contributed by atoms with Crippen molar-refractivity contribution < 1.29 is 18.4 Å². The van der Waals surface area contributed by atoms with Gasteiger partial charge in [-0.1, -0.05) is 26.7 Å². The van der Waals surface area contributed by atoms with Crippen LogP contribution in [0.2, 0.25) is 0 Å². The van der Waals surface area contributed by atoms with E-state index in [0.717, 1.165) is 19.3 Å². The first-order valence-electron chi connectivity index (χ1n) is 5.23. The van der Waals surface area contributed by atoms with Crippen LogP contribution in [0.5, 0.6) is 0 Å². The maximum Gasteiger partial charge on any atom is 0.327 e. The molecule has 0 fully saturated rings. The van der Waals surface area contributed by atoms with Crippen molar-refractivity contribution in [1.82, 2.24) is 0 Å². The Bertz CT molecular complexity index is 240. The van der Waals surface area contributed by atoms with Gasteiger partial charge in [-0.3, -0.25) is 9.36 Å². The van der Waals surface area contributed by atoms with Crippen LogP contribution in [-0.4, -0.2) is 26.2 Å². The molecular formula is C10H21O4P. The Labute approximate surface area is 91.9 Å². The van der Waals surface area contributed by atoms with Crippen LogP contribution < -0.4 is 0 Å². The van der Waals surface area contributed by atoms with Gasteiger partial charge in [-0.05, 0) is 6.42 Å². The summed E-state index contributed by atoms with van der Waals surface area (Å²) in [7, 11) is -1.70. The summed E-state index contributed by atoms with van der Waals surface area (Å²) in [5, 5.41) is 0. The van der Waals surface area contributed by atoms with E-state index < -0.39 is 7.60 Å². The molecule has 0 aromatic rings. The van der Waals surface area contributed by atoms with Gasteiger partial charge in [-0.25, -0.2) is 0 Å². The van der Waals surface area contributed by atoms with Crippen LogP contribution in [0, 0.1) is 5.92 Å². The zero-order chi connectivity index (χ0) is 11.9. The van der Waals surface area contributed by atoms with Gasteiger partial charge in [0.25, 0.3) is 0 Å². The van der Waals surface area contributed by atoms with Crippen molar-refractivity contribution >= 4 is 13.4 Å². The van der Waals surface area contributed by atoms with E-state index in [4.69, 9.17) is 4.52 Å². The van der Waals surface area contributed by atoms with E-state index in [1.165, 1.54) is 13.8 Å². The van der Waals surface area contributed by atoms with Crippen LogP contribution >= 0.6 is 7.60 Å². The highest BCUT2D eigenvalue weighted by Gasteiger charge is 2.19.